The molecule has 2 atom stereocenters. The molecule has 5 rings (SSSR count). The minimum absolute atomic E-state index is 0. The van der Waals surface area contributed by atoms with E-state index < -0.39 is 23.3 Å². The van der Waals surface area contributed by atoms with Gasteiger partial charge in [-0.1, -0.05) is 42.5 Å². The van der Waals surface area contributed by atoms with Crippen molar-refractivity contribution < 1.29 is 29.4 Å². The molecule has 9 nitrogen and oxygen atoms in total. The van der Waals surface area contributed by atoms with E-state index in [1.165, 1.54) is 28.4 Å². The molecule has 0 aliphatic carbocycles. The Morgan fingerprint density at radius 1 is 1.07 bits per heavy atom. The number of carboxylic acid groups (broad SMARTS) is 1. The molecule has 3 aliphatic heterocycles. The van der Waals surface area contributed by atoms with Gasteiger partial charge in [0.25, 0.3) is 5.91 Å². The summed E-state index contributed by atoms with van der Waals surface area (Å²) in [5.41, 5.74) is 2.75. The molecule has 2 aromatic carbocycles. The molecule has 0 unspecified atom stereocenters. The van der Waals surface area contributed by atoms with Crippen molar-refractivity contribution in [1.82, 2.24) is 15.1 Å². The third-order valence-corrected chi connectivity index (χ3v) is 9.04. The van der Waals surface area contributed by atoms with Crippen LogP contribution in [0.3, 0.4) is 0 Å². The number of nitrogens with zero attached hydrogens (tertiary/aromatic N) is 2. The van der Waals surface area contributed by atoms with Gasteiger partial charge in [-0.15, -0.1) is 23.5 Å². The van der Waals surface area contributed by atoms with Crippen molar-refractivity contribution in [2.45, 2.75) is 30.1 Å². The molecule has 1 radical (unpaired) electrons. The first-order valence-electron chi connectivity index (χ1n) is 12.4. The maximum Gasteiger partial charge on any atom is 0.352 e. The molecule has 0 bridgehead atoms. The number of nitrogens with one attached hydrogen (secondary N) is 1. The van der Waals surface area contributed by atoms with Crippen molar-refractivity contribution >= 4 is 76.8 Å². The molecule has 12 heteroatoms. The Morgan fingerprint density at radius 3 is 2.50 bits per heavy atom. The molecule has 3 amide bonds. The summed E-state index contributed by atoms with van der Waals surface area (Å²) in [5.74, 6) is -0.834. The molecule has 203 valence electrons. The Labute approximate surface area is 262 Å². The van der Waals surface area contributed by atoms with E-state index in [0.29, 0.717) is 42.2 Å². The molecule has 0 saturated carbocycles. The Bertz CT molecular complexity index is 1370. The van der Waals surface area contributed by atoms with Crippen LogP contribution in [0.4, 0.5) is 0 Å². The van der Waals surface area contributed by atoms with Gasteiger partial charge < -0.3 is 20.4 Å². The zero-order valence-electron chi connectivity index (χ0n) is 21.9. The normalized spacial score (nSPS) is 21.1. The molecular formula is C28H27N3NaO6S2. The van der Waals surface area contributed by atoms with E-state index >= 15 is 0 Å². The van der Waals surface area contributed by atoms with E-state index in [1.54, 1.807) is 35.2 Å². The predicted molar refractivity (Wildman–Crippen MR) is 154 cm³/mol. The van der Waals surface area contributed by atoms with E-state index in [-0.39, 0.29) is 58.6 Å². The first-order chi connectivity index (χ1) is 18.8. The zero-order valence-corrected chi connectivity index (χ0v) is 25.5. The summed E-state index contributed by atoms with van der Waals surface area (Å²) in [6.07, 6.45) is 2.07. The fraction of sp³-hybridized carbons (Fsp3) is 0.286. The number of amides is 3. The van der Waals surface area contributed by atoms with Gasteiger partial charge in [0, 0.05) is 59.7 Å². The van der Waals surface area contributed by atoms with Crippen LogP contribution < -0.4 is 5.32 Å². The number of likely N-dealkylation sites (tertiary alicyclic amines) is 1. The largest absolute Gasteiger partial charge is 0.508 e. The molecule has 3 heterocycles. The number of aromatic hydroxyl groups is 1. The number of fused-ring (bicyclic) bond motifs is 1. The predicted octanol–water partition coefficient (Wildman–Crippen LogP) is 2.34. The number of phenols is 1. The van der Waals surface area contributed by atoms with Crippen LogP contribution in [0.5, 0.6) is 5.75 Å². The van der Waals surface area contributed by atoms with Crippen LogP contribution in [0.15, 0.2) is 77.5 Å². The van der Waals surface area contributed by atoms with Crippen LogP contribution in [-0.2, 0) is 31.5 Å². The maximum absolute atomic E-state index is 13.0. The summed E-state index contributed by atoms with van der Waals surface area (Å²) >= 11 is 2.82. The topological polar surface area (TPSA) is 127 Å². The van der Waals surface area contributed by atoms with Crippen LogP contribution in [0, 0.1) is 0 Å². The van der Waals surface area contributed by atoms with Gasteiger partial charge in [-0.2, -0.15) is 0 Å². The molecule has 2 fully saturated rings. The van der Waals surface area contributed by atoms with Crippen LogP contribution >= 0.6 is 23.5 Å². The first-order valence-corrected chi connectivity index (χ1v) is 14.6. The summed E-state index contributed by atoms with van der Waals surface area (Å²) in [6.45, 7) is 0.879. The molecule has 40 heavy (non-hydrogen) atoms. The Kier molecular flexibility index (Phi) is 10.1. The molecule has 0 aromatic heterocycles. The molecule has 3 aliphatic rings. The second kappa shape index (κ2) is 13.3. The molecule has 3 N–H and O–H groups in total. The fourth-order valence-electron chi connectivity index (χ4n) is 4.79. The van der Waals surface area contributed by atoms with Crippen LogP contribution in [0.1, 0.15) is 17.5 Å². The van der Waals surface area contributed by atoms with E-state index in [2.05, 4.69) is 5.32 Å². The summed E-state index contributed by atoms with van der Waals surface area (Å²) in [6, 6.07) is 15.6. The maximum atomic E-state index is 13.0. The molecular weight excluding hydrogens is 561 g/mol. The van der Waals surface area contributed by atoms with Crippen molar-refractivity contribution in [3.8, 4) is 5.75 Å². The van der Waals surface area contributed by atoms with Gasteiger partial charge in [0.1, 0.15) is 22.9 Å². The van der Waals surface area contributed by atoms with Crippen LogP contribution in [-0.4, -0.2) is 103 Å². The number of allylic oxidation sites excluding steroid dienone is 1. The van der Waals surface area contributed by atoms with Crippen LogP contribution in [0.25, 0.3) is 0 Å². The number of hydrogen-bond acceptors (Lipinski definition) is 7. The van der Waals surface area contributed by atoms with E-state index in [1.807, 2.05) is 30.3 Å². The van der Waals surface area contributed by atoms with Crippen molar-refractivity contribution in [1.29, 1.82) is 0 Å². The number of thioether (sulfide) groups is 2. The molecule has 2 saturated heterocycles. The summed E-state index contributed by atoms with van der Waals surface area (Å²) in [5, 5.41) is 21.7. The standard InChI is InChI=1S/C28H27N3O6S2.Na/c32-21-8-6-17(7-9-21)13-30-11-10-19(25(30)34)12-20-15-39-27-23(26(35)31(27)24(20)28(36)37)29-22(33)16-38-14-18-4-2-1-3-5-18;/h1-9,12,23,27,32H,10-11,13-16H2,(H,29,33)(H,36,37);/t23-,27-;/m1./s1. The van der Waals surface area contributed by atoms with Crippen molar-refractivity contribution in [3.63, 3.8) is 0 Å². The first kappa shape index (κ1) is 30.3. The number of hydrogen-bond donors (Lipinski definition) is 3. The third-order valence-electron chi connectivity index (χ3n) is 6.73. The van der Waals surface area contributed by atoms with Crippen molar-refractivity contribution in [2.24, 2.45) is 0 Å². The number of benzene rings is 2. The quantitative estimate of drug-likeness (QED) is 0.232. The average Bonchev–Trinajstić information content (AvgIpc) is 3.27. The van der Waals surface area contributed by atoms with E-state index in [0.717, 1.165) is 11.1 Å². The van der Waals surface area contributed by atoms with E-state index in [9.17, 15) is 29.4 Å². The molecule has 0 spiro atoms. The number of phenolic OH excluding ortho intramolecular Hbond substituents is 1. The van der Waals surface area contributed by atoms with Gasteiger partial charge in [0.15, 0.2) is 0 Å². The Hall–Kier alpha value is -2.70. The Morgan fingerprint density at radius 2 is 1.80 bits per heavy atom. The number of rotatable bonds is 9. The molecule has 2 aromatic rings. The number of aliphatic carboxylic acids is 1. The van der Waals surface area contributed by atoms with Gasteiger partial charge in [-0.25, -0.2) is 4.79 Å². The summed E-state index contributed by atoms with van der Waals surface area (Å²) in [7, 11) is 0. The van der Waals surface area contributed by atoms with Gasteiger partial charge >= 0.3 is 5.97 Å². The Balaban J connectivity index is 0.00000370. The number of carbonyl (C=O) groups excluding carboxylic acids is 3. The van der Waals surface area contributed by atoms with Gasteiger partial charge in [-0.3, -0.25) is 19.3 Å². The second-order valence-electron chi connectivity index (χ2n) is 9.43. The number of carboxylic acids is 1. The number of β-lactam (4-membered cyclic amide) rings is 1. The van der Waals surface area contributed by atoms with E-state index in [4.69, 9.17) is 0 Å². The summed E-state index contributed by atoms with van der Waals surface area (Å²) in [4.78, 5) is 53.5. The smallest absolute Gasteiger partial charge is 0.352 e. The number of carbonyl (C=O) groups is 4. The minimum atomic E-state index is -1.24. The van der Waals surface area contributed by atoms with Gasteiger partial charge in [0.2, 0.25) is 11.8 Å². The second-order valence-corrected chi connectivity index (χ2v) is 11.5. The average molecular weight is 589 g/mol. The van der Waals surface area contributed by atoms with Gasteiger partial charge in [-0.05, 0) is 41.3 Å². The van der Waals surface area contributed by atoms with Crippen LogP contribution in [0.2, 0.25) is 0 Å². The minimum Gasteiger partial charge on any atom is -0.508 e. The SMILES string of the molecule is O=C(CSCc1ccccc1)N[C@@H]1C(=O)N2C(C(=O)O)=C(C=C3CCN(Cc4ccc(O)cc4)C3=O)CS[C@H]12.[Na]. The van der Waals surface area contributed by atoms with Crippen molar-refractivity contribution in [3.05, 3.63) is 88.6 Å². The zero-order chi connectivity index (χ0) is 27.5. The monoisotopic (exact) mass is 588 g/mol. The van der Waals surface area contributed by atoms with Gasteiger partial charge in [0.05, 0.1) is 5.75 Å². The fourth-order valence-corrected chi connectivity index (χ4v) is 6.89. The third kappa shape index (κ3) is 6.60. The van der Waals surface area contributed by atoms with Crippen molar-refractivity contribution in [2.75, 3.05) is 18.1 Å². The summed E-state index contributed by atoms with van der Waals surface area (Å²) < 4.78 is 0.